The maximum atomic E-state index is 11.4. The summed E-state index contributed by atoms with van der Waals surface area (Å²) in [5.41, 5.74) is 1.62. The number of imidazole rings is 1. The van der Waals surface area contributed by atoms with Gasteiger partial charge < -0.3 is 19.0 Å². The van der Waals surface area contributed by atoms with Crippen molar-refractivity contribution in [1.29, 1.82) is 0 Å². The van der Waals surface area contributed by atoms with Crippen LogP contribution in [0.25, 0.3) is 11.0 Å². The Kier molecular flexibility index (Phi) is 3.90. The summed E-state index contributed by atoms with van der Waals surface area (Å²) in [5.74, 6) is 0.384. The number of para-hydroxylation sites is 1. The Morgan fingerprint density at radius 3 is 2.84 bits per heavy atom. The smallest absolute Gasteiger partial charge is 0.325 e. The highest BCUT2D eigenvalue weighted by atomic mass is 32.1. The van der Waals surface area contributed by atoms with Gasteiger partial charge in [-0.2, -0.15) is 0 Å². The molecule has 0 fully saturated rings. The van der Waals surface area contributed by atoms with Crippen LogP contribution in [-0.2, 0) is 16.1 Å². The molecule has 1 N–H and O–H groups in total. The Balaban J connectivity index is 2.52. The molecule has 0 aliphatic carbocycles. The fourth-order valence-corrected chi connectivity index (χ4v) is 2.12. The first-order chi connectivity index (χ1) is 9.02. The topological polar surface area (TPSA) is 56.2 Å². The zero-order chi connectivity index (χ0) is 14.0. The molecule has 19 heavy (non-hydrogen) atoms. The number of fused-ring (bicyclic) bond motifs is 1. The van der Waals surface area contributed by atoms with Crippen molar-refractivity contribution in [1.82, 2.24) is 9.55 Å². The highest BCUT2D eigenvalue weighted by molar-refractivity contribution is 7.71. The third-order valence-corrected chi connectivity index (χ3v) is 2.97. The molecular weight excluding hydrogens is 264 g/mol. The van der Waals surface area contributed by atoms with E-state index >= 15 is 0 Å². The van der Waals surface area contributed by atoms with Crippen LogP contribution in [0.1, 0.15) is 13.8 Å². The van der Waals surface area contributed by atoms with Gasteiger partial charge in [0.05, 0.1) is 18.7 Å². The lowest BCUT2D eigenvalue weighted by atomic mass is 10.3. The number of hydrogen-bond donors (Lipinski definition) is 1. The molecular formula is C13H16N2O3S. The second-order valence-corrected chi connectivity index (χ2v) is 4.80. The lowest BCUT2D eigenvalue weighted by molar-refractivity contribution is -0.141. The van der Waals surface area contributed by atoms with Gasteiger partial charge in [0.25, 0.3) is 0 Å². The minimum Gasteiger partial charge on any atom is -0.489 e. The molecule has 0 radical (unpaired) electrons. The van der Waals surface area contributed by atoms with Gasteiger partial charge in [0, 0.05) is 0 Å². The lowest BCUT2D eigenvalue weighted by Crippen LogP contribution is -2.11. The number of ether oxygens (including phenoxy) is 2. The summed E-state index contributed by atoms with van der Waals surface area (Å²) in [5, 5.41) is 0. The molecule has 5 nitrogen and oxygen atoms in total. The summed E-state index contributed by atoms with van der Waals surface area (Å²) in [6.07, 6.45) is 0.0662. The third kappa shape index (κ3) is 2.78. The van der Waals surface area contributed by atoms with Crippen molar-refractivity contribution in [2.24, 2.45) is 0 Å². The van der Waals surface area contributed by atoms with Gasteiger partial charge in [-0.3, -0.25) is 4.79 Å². The van der Waals surface area contributed by atoms with Crippen LogP contribution in [0.3, 0.4) is 0 Å². The first kappa shape index (κ1) is 13.6. The maximum absolute atomic E-state index is 11.4. The van der Waals surface area contributed by atoms with Gasteiger partial charge in [0.2, 0.25) is 0 Å². The van der Waals surface area contributed by atoms with E-state index in [2.05, 4.69) is 9.72 Å². The quantitative estimate of drug-likeness (QED) is 0.691. The average Bonchev–Trinajstić information content (AvgIpc) is 2.67. The molecule has 2 rings (SSSR count). The molecule has 1 aromatic heterocycles. The van der Waals surface area contributed by atoms with E-state index in [-0.39, 0.29) is 18.6 Å². The summed E-state index contributed by atoms with van der Waals surface area (Å²) in [4.78, 5) is 14.5. The molecule has 6 heteroatoms. The van der Waals surface area contributed by atoms with Gasteiger partial charge in [-0.25, -0.2) is 0 Å². The number of H-pyrrole nitrogens is 1. The van der Waals surface area contributed by atoms with Gasteiger partial charge >= 0.3 is 5.97 Å². The van der Waals surface area contributed by atoms with E-state index in [9.17, 15) is 4.79 Å². The number of carbonyl (C=O) groups is 1. The predicted octanol–water partition coefficient (Wildman–Crippen LogP) is 2.66. The van der Waals surface area contributed by atoms with Crippen molar-refractivity contribution in [3.05, 3.63) is 23.0 Å². The van der Waals surface area contributed by atoms with E-state index in [4.69, 9.17) is 17.0 Å². The van der Waals surface area contributed by atoms with Gasteiger partial charge in [-0.1, -0.05) is 6.07 Å². The number of rotatable bonds is 4. The zero-order valence-electron chi connectivity index (χ0n) is 11.1. The fraction of sp³-hybridized carbons (Fsp3) is 0.385. The van der Waals surface area contributed by atoms with Crippen LogP contribution in [0, 0.1) is 4.77 Å². The number of hydrogen-bond acceptors (Lipinski definition) is 4. The number of benzene rings is 1. The van der Waals surface area contributed by atoms with Gasteiger partial charge in [0.1, 0.15) is 17.8 Å². The molecule has 0 saturated carbocycles. The monoisotopic (exact) mass is 280 g/mol. The van der Waals surface area contributed by atoms with Crippen molar-refractivity contribution >= 4 is 29.2 Å². The summed E-state index contributed by atoms with van der Waals surface area (Å²) < 4.78 is 12.6. The number of carbonyl (C=O) groups excluding carboxylic acids is 1. The Morgan fingerprint density at radius 2 is 2.21 bits per heavy atom. The molecule has 1 aromatic carbocycles. The highest BCUT2D eigenvalue weighted by Gasteiger charge is 2.12. The van der Waals surface area contributed by atoms with E-state index < -0.39 is 0 Å². The minimum atomic E-state index is -0.341. The van der Waals surface area contributed by atoms with Gasteiger partial charge in [-0.05, 0) is 38.2 Å². The van der Waals surface area contributed by atoms with E-state index in [1.54, 1.807) is 4.57 Å². The molecule has 0 bridgehead atoms. The number of methoxy groups -OCH3 is 1. The van der Waals surface area contributed by atoms with Crippen LogP contribution in [0.5, 0.6) is 5.75 Å². The van der Waals surface area contributed by atoms with E-state index in [1.165, 1.54) is 7.11 Å². The largest absolute Gasteiger partial charge is 0.489 e. The first-order valence-electron chi connectivity index (χ1n) is 5.98. The Hall–Kier alpha value is -1.82. The second kappa shape index (κ2) is 5.44. The molecule has 0 atom stereocenters. The number of nitrogens with one attached hydrogen (secondary N) is 1. The van der Waals surface area contributed by atoms with Crippen molar-refractivity contribution < 1.29 is 14.3 Å². The number of nitrogens with zero attached hydrogens (tertiary/aromatic N) is 1. The minimum absolute atomic E-state index is 0.0662. The Labute approximate surface area is 116 Å². The fourth-order valence-electron chi connectivity index (χ4n) is 1.86. The summed E-state index contributed by atoms with van der Waals surface area (Å²) >= 11 is 5.24. The SMILES string of the molecule is COC(=O)Cn1c(=S)[nH]c2c(OC(C)C)cccc21. The first-order valence-corrected chi connectivity index (χ1v) is 6.38. The lowest BCUT2D eigenvalue weighted by Gasteiger charge is -2.10. The van der Waals surface area contributed by atoms with Crippen molar-refractivity contribution in [2.45, 2.75) is 26.5 Å². The van der Waals surface area contributed by atoms with Crippen LogP contribution in [0.15, 0.2) is 18.2 Å². The number of aromatic amines is 1. The molecule has 1 heterocycles. The third-order valence-electron chi connectivity index (χ3n) is 2.65. The van der Waals surface area contributed by atoms with E-state index in [0.717, 1.165) is 16.8 Å². The Morgan fingerprint density at radius 1 is 1.47 bits per heavy atom. The van der Waals surface area contributed by atoms with Crippen LogP contribution in [0.4, 0.5) is 0 Å². The summed E-state index contributed by atoms with van der Waals surface area (Å²) in [6.45, 7) is 4.00. The molecule has 102 valence electrons. The maximum Gasteiger partial charge on any atom is 0.325 e. The predicted molar refractivity (Wildman–Crippen MR) is 74.9 cm³/mol. The van der Waals surface area contributed by atoms with Gasteiger partial charge in [-0.15, -0.1) is 0 Å². The summed E-state index contributed by atoms with van der Waals surface area (Å²) in [7, 11) is 1.36. The normalized spacial score (nSPS) is 10.9. The van der Waals surface area contributed by atoms with Crippen LogP contribution >= 0.6 is 12.2 Å². The van der Waals surface area contributed by atoms with Crippen LogP contribution < -0.4 is 4.74 Å². The van der Waals surface area contributed by atoms with E-state index in [1.807, 2.05) is 32.0 Å². The molecule has 0 aliphatic heterocycles. The van der Waals surface area contributed by atoms with Crippen molar-refractivity contribution in [2.75, 3.05) is 7.11 Å². The molecule has 0 aliphatic rings. The number of aromatic nitrogens is 2. The van der Waals surface area contributed by atoms with Gasteiger partial charge in [0.15, 0.2) is 4.77 Å². The molecule has 0 saturated heterocycles. The standard InChI is InChI=1S/C13H16N2O3S/c1-8(2)18-10-6-4-5-9-12(10)14-13(19)15(9)7-11(16)17-3/h4-6,8H,7H2,1-3H3,(H,14,19). The van der Waals surface area contributed by atoms with Crippen molar-refractivity contribution in [3.8, 4) is 5.75 Å². The van der Waals surface area contributed by atoms with Crippen LogP contribution in [0.2, 0.25) is 0 Å². The Bertz CT molecular complexity index is 657. The molecule has 0 amide bonds. The molecule has 2 aromatic rings. The second-order valence-electron chi connectivity index (χ2n) is 4.41. The van der Waals surface area contributed by atoms with Crippen molar-refractivity contribution in [3.63, 3.8) is 0 Å². The highest BCUT2D eigenvalue weighted by Crippen LogP contribution is 2.25. The van der Waals surface area contributed by atoms with E-state index in [0.29, 0.717) is 4.77 Å². The molecule has 0 spiro atoms. The summed E-state index contributed by atoms with van der Waals surface area (Å²) in [6, 6.07) is 5.63. The zero-order valence-corrected chi connectivity index (χ0v) is 11.9. The molecule has 0 unspecified atom stereocenters. The average molecular weight is 280 g/mol. The van der Waals surface area contributed by atoms with Crippen LogP contribution in [-0.4, -0.2) is 28.7 Å². The number of esters is 1.